The fourth-order valence-electron chi connectivity index (χ4n) is 2.01. The van der Waals surface area contributed by atoms with E-state index in [2.05, 4.69) is 20.8 Å². The Bertz CT molecular complexity index is 556. The number of aryl methyl sites for hydroxylation is 1. The standard InChI is InChI=1S/C13H18ClN3OS/c1-9(14)12-15-10-5-6-11(18-2)16-13(10)17(12)7-4-8-19-3/h5-6,9H,4,7-8H2,1-3H3. The van der Waals surface area contributed by atoms with Crippen LogP contribution in [0, 0.1) is 0 Å². The van der Waals surface area contributed by atoms with Gasteiger partial charge in [-0.25, -0.2) is 4.98 Å². The van der Waals surface area contributed by atoms with Crippen molar-refractivity contribution in [2.24, 2.45) is 0 Å². The average molecular weight is 300 g/mol. The third-order valence-electron chi connectivity index (χ3n) is 2.89. The zero-order valence-corrected chi connectivity index (χ0v) is 13.0. The van der Waals surface area contributed by atoms with Crippen LogP contribution >= 0.6 is 23.4 Å². The topological polar surface area (TPSA) is 39.9 Å². The molecule has 0 saturated heterocycles. The number of imidazole rings is 1. The predicted octanol–water partition coefficient (Wildman–Crippen LogP) is 3.49. The molecule has 4 nitrogen and oxygen atoms in total. The number of hydrogen-bond acceptors (Lipinski definition) is 4. The monoisotopic (exact) mass is 299 g/mol. The highest BCUT2D eigenvalue weighted by molar-refractivity contribution is 7.98. The van der Waals surface area contributed by atoms with Crippen molar-refractivity contribution in [3.8, 4) is 5.88 Å². The molecule has 2 aromatic rings. The van der Waals surface area contributed by atoms with Crippen molar-refractivity contribution < 1.29 is 4.74 Å². The molecule has 2 aromatic heterocycles. The van der Waals surface area contributed by atoms with Crippen LogP contribution in [0.5, 0.6) is 5.88 Å². The van der Waals surface area contributed by atoms with Crippen LogP contribution < -0.4 is 4.74 Å². The van der Waals surface area contributed by atoms with Crippen molar-refractivity contribution in [3.63, 3.8) is 0 Å². The average Bonchev–Trinajstić information content (AvgIpc) is 2.77. The van der Waals surface area contributed by atoms with Crippen LogP contribution in [0.3, 0.4) is 0 Å². The number of aromatic nitrogens is 3. The van der Waals surface area contributed by atoms with Gasteiger partial charge in [0.2, 0.25) is 5.88 Å². The maximum absolute atomic E-state index is 6.22. The van der Waals surface area contributed by atoms with E-state index in [0.29, 0.717) is 5.88 Å². The van der Waals surface area contributed by atoms with Crippen LogP contribution in [-0.4, -0.2) is 33.7 Å². The van der Waals surface area contributed by atoms with Crippen LogP contribution in [0.1, 0.15) is 24.5 Å². The molecule has 0 aliphatic heterocycles. The number of hydrogen-bond donors (Lipinski definition) is 0. The Balaban J connectivity index is 2.44. The van der Waals surface area contributed by atoms with Gasteiger partial charge >= 0.3 is 0 Å². The van der Waals surface area contributed by atoms with Gasteiger partial charge < -0.3 is 9.30 Å². The lowest BCUT2D eigenvalue weighted by Gasteiger charge is -2.09. The fourth-order valence-corrected chi connectivity index (χ4v) is 2.59. The molecule has 0 aromatic carbocycles. The molecule has 0 N–H and O–H groups in total. The smallest absolute Gasteiger partial charge is 0.215 e. The summed E-state index contributed by atoms with van der Waals surface area (Å²) in [5.74, 6) is 2.59. The van der Waals surface area contributed by atoms with E-state index in [1.807, 2.05) is 30.8 Å². The first kappa shape index (κ1) is 14.5. The van der Waals surface area contributed by atoms with Gasteiger partial charge in [0.1, 0.15) is 11.3 Å². The highest BCUT2D eigenvalue weighted by atomic mass is 35.5. The number of methoxy groups -OCH3 is 1. The maximum atomic E-state index is 6.22. The maximum Gasteiger partial charge on any atom is 0.215 e. The molecule has 0 aliphatic carbocycles. The molecule has 6 heteroatoms. The normalized spacial score (nSPS) is 12.8. The summed E-state index contributed by atoms with van der Waals surface area (Å²) < 4.78 is 7.29. The van der Waals surface area contributed by atoms with Gasteiger partial charge in [-0.3, -0.25) is 0 Å². The summed E-state index contributed by atoms with van der Waals surface area (Å²) in [6.07, 6.45) is 3.18. The molecule has 2 heterocycles. The summed E-state index contributed by atoms with van der Waals surface area (Å²) in [5, 5.41) is -0.130. The number of fused-ring (bicyclic) bond motifs is 1. The molecule has 0 saturated carbocycles. The van der Waals surface area contributed by atoms with Crippen LogP contribution in [0.2, 0.25) is 0 Å². The van der Waals surface area contributed by atoms with Gasteiger partial charge in [0.25, 0.3) is 0 Å². The molecule has 1 atom stereocenters. The minimum Gasteiger partial charge on any atom is -0.481 e. The fraction of sp³-hybridized carbons (Fsp3) is 0.538. The lowest BCUT2D eigenvalue weighted by Crippen LogP contribution is -2.06. The first-order chi connectivity index (χ1) is 9.17. The molecule has 0 aliphatic rings. The Morgan fingerprint density at radius 3 is 2.84 bits per heavy atom. The number of thioether (sulfide) groups is 1. The number of alkyl halides is 1. The van der Waals surface area contributed by atoms with Gasteiger partial charge in [-0.15, -0.1) is 11.6 Å². The number of pyridine rings is 1. The molecule has 1 unspecified atom stereocenters. The van der Waals surface area contributed by atoms with E-state index in [-0.39, 0.29) is 5.38 Å². The zero-order valence-electron chi connectivity index (χ0n) is 11.4. The van der Waals surface area contributed by atoms with Crippen molar-refractivity contribution in [1.29, 1.82) is 0 Å². The number of rotatable bonds is 6. The Labute approximate surface area is 122 Å². The number of ether oxygens (including phenoxy) is 1. The molecule has 0 amide bonds. The van der Waals surface area contributed by atoms with Crippen LogP contribution in [-0.2, 0) is 6.54 Å². The van der Waals surface area contributed by atoms with E-state index in [9.17, 15) is 0 Å². The predicted molar refractivity (Wildman–Crippen MR) is 81.3 cm³/mol. The summed E-state index contributed by atoms with van der Waals surface area (Å²) in [6.45, 7) is 2.81. The van der Waals surface area contributed by atoms with Crippen molar-refractivity contribution in [2.75, 3.05) is 19.1 Å². The van der Waals surface area contributed by atoms with Gasteiger partial charge in [0.05, 0.1) is 12.5 Å². The van der Waals surface area contributed by atoms with Crippen molar-refractivity contribution in [1.82, 2.24) is 14.5 Å². The molecule has 19 heavy (non-hydrogen) atoms. The highest BCUT2D eigenvalue weighted by Crippen LogP contribution is 2.25. The second-order valence-electron chi connectivity index (χ2n) is 4.28. The lowest BCUT2D eigenvalue weighted by molar-refractivity contribution is 0.399. The van der Waals surface area contributed by atoms with E-state index < -0.39 is 0 Å². The van der Waals surface area contributed by atoms with Crippen LogP contribution in [0.15, 0.2) is 12.1 Å². The van der Waals surface area contributed by atoms with E-state index in [1.54, 1.807) is 7.11 Å². The molecule has 0 fully saturated rings. The molecule has 104 valence electrons. The SMILES string of the molecule is COc1ccc2nc(C(C)Cl)n(CCCSC)c2n1. The van der Waals surface area contributed by atoms with Crippen molar-refractivity contribution in [2.45, 2.75) is 25.3 Å². The Hall–Kier alpha value is -0.940. The molecule has 0 bridgehead atoms. The second kappa shape index (κ2) is 6.48. The van der Waals surface area contributed by atoms with Crippen molar-refractivity contribution >= 4 is 34.5 Å². The third-order valence-corrected chi connectivity index (χ3v) is 3.78. The van der Waals surface area contributed by atoms with Crippen LogP contribution in [0.4, 0.5) is 0 Å². The van der Waals surface area contributed by atoms with Gasteiger partial charge in [-0.2, -0.15) is 16.7 Å². The largest absolute Gasteiger partial charge is 0.481 e. The van der Waals surface area contributed by atoms with E-state index in [0.717, 1.165) is 35.7 Å². The summed E-state index contributed by atoms with van der Waals surface area (Å²) in [5.41, 5.74) is 1.72. The number of halogens is 1. The number of nitrogens with zero attached hydrogens (tertiary/aromatic N) is 3. The lowest BCUT2D eigenvalue weighted by atomic mass is 10.4. The summed E-state index contributed by atoms with van der Waals surface area (Å²) in [4.78, 5) is 9.06. The quantitative estimate of drug-likeness (QED) is 0.605. The van der Waals surface area contributed by atoms with Gasteiger partial charge in [0, 0.05) is 12.6 Å². The Kier molecular flexibility index (Phi) is 4.93. The summed E-state index contributed by atoms with van der Waals surface area (Å²) in [6, 6.07) is 3.75. The first-order valence-electron chi connectivity index (χ1n) is 6.21. The minimum absolute atomic E-state index is 0.130. The Morgan fingerprint density at radius 2 is 2.21 bits per heavy atom. The molecule has 2 rings (SSSR count). The highest BCUT2D eigenvalue weighted by Gasteiger charge is 2.16. The first-order valence-corrected chi connectivity index (χ1v) is 8.04. The van der Waals surface area contributed by atoms with E-state index in [1.165, 1.54) is 0 Å². The van der Waals surface area contributed by atoms with Gasteiger partial charge in [0.15, 0.2) is 5.65 Å². The minimum atomic E-state index is -0.130. The van der Waals surface area contributed by atoms with Crippen molar-refractivity contribution in [3.05, 3.63) is 18.0 Å². The molecular formula is C13H18ClN3OS. The van der Waals surface area contributed by atoms with Crippen LogP contribution in [0.25, 0.3) is 11.2 Å². The Morgan fingerprint density at radius 1 is 1.42 bits per heavy atom. The molecule has 0 spiro atoms. The zero-order chi connectivity index (χ0) is 13.8. The van der Waals surface area contributed by atoms with Gasteiger partial charge in [-0.05, 0) is 31.4 Å². The van der Waals surface area contributed by atoms with E-state index >= 15 is 0 Å². The second-order valence-corrected chi connectivity index (χ2v) is 5.92. The third kappa shape index (κ3) is 3.15. The molecule has 0 radical (unpaired) electrons. The summed E-state index contributed by atoms with van der Waals surface area (Å²) >= 11 is 8.06. The van der Waals surface area contributed by atoms with Gasteiger partial charge in [-0.1, -0.05) is 0 Å². The summed E-state index contributed by atoms with van der Waals surface area (Å²) in [7, 11) is 1.62. The molecular weight excluding hydrogens is 282 g/mol. The van der Waals surface area contributed by atoms with E-state index in [4.69, 9.17) is 16.3 Å².